The summed E-state index contributed by atoms with van der Waals surface area (Å²) in [5.74, 6) is 0. The van der Waals surface area contributed by atoms with Crippen molar-refractivity contribution in [3.05, 3.63) is 69.2 Å². The topological polar surface area (TPSA) is 112 Å². The van der Waals surface area contributed by atoms with Crippen LogP contribution in [-0.2, 0) is 10.0 Å². The summed E-state index contributed by atoms with van der Waals surface area (Å²) >= 11 is 0. The van der Waals surface area contributed by atoms with Crippen LogP contribution in [0.4, 0.5) is 5.69 Å². The van der Waals surface area contributed by atoms with Crippen LogP contribution in [-0.4, -0.2) is 18.6 Å². The minimum absolute atomic E-state index is 0.106. The number of hydrogen-bond donors (Lipinski definition) is 3. The van der Waals surface area contributed by atoms with E-state index < -0.39 is 21.1 Å². The van der Waals surface area contributed by atoms with Crippen molar-refractivity contribution >= 4 is 26.5 Å². The SMILES string of the molecule is O=c1[nH][nH]c(=O)c2cc(NS(=O)(=O)c3ccccc3)ccc12. The molecule has 22 heavy (non-hydrogen) atoms. The number of rotatable bonds is 3. The Kier molecular flexibility index (Phi) is 3.30. The number of aromatic nitrogens is 2. The molecule has 3 rings (SSSR count). The fourth-order valence-electron chi connectivity index (χ4n) is 2.06. The Morgan fingerprint density at radius 2 is 1.45 bits per heavy atom. The summed E-state index contributed by atoms with van der Waals surface area (Å²) < 4.78 is 26.8. The zero-order valence-electron chi connectivity index (χ0n) is 11.2. The third kappa shape index (κ3) is 2.51. The van der Waals surface area contributed by atoms with Crippen molar-refractivity contribution in [1.82, 2.24) is 10.2 Å². The lowest BCUT2D eigenvalue weighted by molar-refractivity contribution is 0.601. The van der Waals surface area contributed by atoms with Crippen molar-refractivity contribution in [3.63, 3.8) is 0 Å². The number of benzene rings is 2. The highest BCUT2D eigenvalue weighted by molar-refractivity contribution is 7.92. The molecule has 0 atom stereocenters. The lowest BCUT2D eigenvalue weighted by Crippen LogP contribution is -2.19. The summed E-state index contributed by atoms with van der Waals surface area (Å²) in [4.78, 5) is 23.4. The molecule has 2 aromatic carbocycles. The van der Waals surface area contributed by atoms with Gasteiger partial charge in [0, 0.05) is 5.69 Å². The number of hydrogen-bond acceptors (Lipinski definition) is 4. The third-order valence-corrected chi connectivity index (χ3v) is 4.50. The van der Waals surface area contributed by atoms with Gasteiger partial charge in [0.05, 0.1) is 15.7 Å². The number of aromatic amines is 2. The highest BCUT2D eigenvalue weighted by atomic mass is 32.2. The maximum atomic E-state index is 12.2. The van der Waals surface area contributed by atoms with Crippen LogP contribution in [0.1, 0.15) is 0 Å². The molecule has 0 spiro atoms. The predicted octanol–water partition coefficient (Wildman–Crippen LogP) is 1.02. The summed E-state index contributed by atoms with van der Waals surface area (Å²) in [6, 6.07) is 12.0. The fourth-order valence-corrected chi connectivity index (χ4v) is 3.13. The molecule has 0 amide bonds. The molecule has 3 N–H and O–H groups in total. The Morgan fingerprint density at radius 3 is 2.14 bits per heavy atom. The van der Waals surface area contributed by atoms with Crippen LogP contribution in [0.2, 0.25) is 0 Å². The molecule has 112 valence electrons. The number of anilines is 1. The van der Waals surface area contributed by atoms with Gasteiger partial charge in [0.25, 0.3) is 21.1 Å². The minimum Gasteiger partial charge on any atom is -0.280 e. The minimum atomic E-state index is -3.75. The highest BCUT2D eigenvalue weighted by Crippen LogP contribution is 2.18. The molecule has 0 saturated heterocycles. The van der Waals surface area contributed by atoms with Gasteiger partial charge >= 0.3 is 0 Å². The molecule has 0 aliphatic heterocycles. The van der Waals surface area contributed by atoms with E-state index in [0.717, 1.165) is 0 Å². The summed E-state index contributed by atoms with van der Waals surface area (Å²) in [5, 5.41) is 4.69. The van der Waals surface area contributed by atoms with Crippen LogP contribution >= 0.6 is 0 Å². The molecule has 0 fully saturated rings. The molecule has 3 aromatic rings. The molecular formula is C14H11N3O4S. The van der Waals surface area contributed by atoms with Gasteiger partial charge in [-0.05, 0) is 30.3 Å². The zero-order valence-corrected chi connectivity index (χ0v) is 12.0. The van der Waals surface area contributed by atoms with E-state index in [0.29, 0.717) is 0 Å². The first-order valence-electron chi connectivity index (χ1n) is 6.30. The first-order valence-corrected chi connectivity index (χ1v) is 7.78. The van der Waals surface area contributed by atoms with Gasteiger partial charge in [-0.25, -0.2) is 8.42 Å². The van der Waals surface area contributed by atoms with Crippen LogP contribution < -0.4 is 15.8 Å². The monoisotopic (exact) mass is 317 g/mol. The second-order valence-corrected chi connectivity index (χ2v) is 6.27. The lowest BCUT2D eigenvalue weighted by atomic mass is 10.2. The molecule has 1 aromatic heterocycles. The maximum absolute atomic E-state index is 12.2. The molecule has 1 heterocycles. The van der Waals surface area contributed by atoms with E-state index in [-0.39, 0.29) is 21.4 Å². The van der Waals surface area contributed by atoms with E-state index in [9.17, 15) is 18.0 Å². The van der Waals surface area contributed by atoms with Crippen molar-refractivity contribution in [2.45, 2.75) is 4.90 Å². The van der Waals surface area contributed by atoms with Gasteiger partial charge in [-0.15, -0.1) is 0 Å². The summed E-state index contributed by atoms with van der Waals surface area (Å²) in [6.07, 6.45) is 0. The predicted molar refractivity (Wildman–Crippen MR) is 82.4 cm³/mol. The van der Waals surface area contributed by atoms with Gasteiger partial charge in [0.2, 0.25) is 0 Å². The van der Waals surface area contributed by atoms with Crippen molar-refractivity contribution < 1.29 is 8.42 Å². The van der Waals surface area contributed by atoms with Crippen LogP contribution in [0.15, 0.2) is 63.0 Å². The van der Waals surface area contributed by atoms with Gasteiger partial charge in [-0.3, -0.25) is 24.5 Å². The van der Waals surface area contributed by atoms with Crippen molar-refractivity contribution in [3.8, 4) is 0 Å². The number of fused-ring (bicyclic) bond motifs is 1. The van der Waals surface area contributed by atoms with Gasteiger partial charge in [-0.1, -0.05) is 18.2 Å². The van der Waals surface area contributed by atoms with E-state index >= 15 is 0 Å². The van der Waals surface area contributed by atoms with E-state index in [2.05, 4.69) is 14.9 Å². The fraction of sp³-hybridized carbons (Fsp3) is 0. The van der Waals surface area contributed by atoms with E-state index in [1.807, 2.05) is 0 Å². The molecule has 8 heteroatoms. The second-order valence-electron chi connectivity index (χ2n) is 4.59. The summed E-state index contributed by atoms with van der Waals surface area (Å²) in [5.41, 5.74) is -0.755. The van der Waals surface area contributed by atoms with E-state index in [1.165, 1.54) is 30.3 Å². The molecule has 0 aliphatic carbocycles. The van der Waals surface area contributed by atoms with Gasteiger partial charge in [0.15, 0.2) is 0 Å². The van der Waals surface area contributed by atoms with Crippen LogP contribution in [0.3, 0.4) is 0 Å². The van der Waals surface area contributed by atoms with Gasteiger partial charge in [0.1, 0.15) is 0 Å². The molecule has 0 radical (unpaired) electrons. The molecule has 0 saturated carbocycles. The first-order chi connectivity index (χ1) is 10.5. The normalized spacial score (nSPS) is 11.5. The zero-order chi connectivity index (χ0) is 15.7. The quantitative estimate of drug-likeness (QED) is 0.669. The van der Waals surface area contributed by atoms with Crippen LogP contribution in [0.25, 0.3) is 10.8 Å². The maximum Gasteiger partial charge on any atom is 0.270 e. The Bertz CT molecular complexity index is 1050. The molecule has 0 bridgehead atoms. The Morgan fingerprint density at radius 1 is 0.818 bits per heavy atom. The average molecular weight is 317 g/mol. The van der Waals surface area contributed by atoms with Crippen molar-refractivity contribution in [2.75, 3.05) is 4.72 Å². The lowest BCUT2D eigenvalue weighted by Gasteiger charge is -2.08. The standard InChI is InChI=1S/C14H11N3O4S/c18-13-11-7-6-9(8-12(11)14(19)16-15-13)17-22(20,21)10-4-2-1-3-5-10/h1-8,17H,(H,15,18)(H,16,19). The number of nitrogens with one attached hydrogen (secondary N) is 3. The van der Waals surface area contributed by atoms with Crippen LogP contribution in [0, 0.1) is 0 Å². The average Bonchev–Trinajstić information content (AvgIpc) is 2.52. The van der Waals surface area contributed by atoms with Crippen molar-refractivity contribution in [2.24, 2.45) is 0 Å². The Balaban J connectivity index is 2.07. The van der Waals surface area contributed by atoms with Gasteiger partial charge < -0.3 is 0 Å². The van der Waals surface area contributed by atoms with E-state index in [4.69, 9.17) is 0 Å². The summed E-state index contributed by atoms with van der Waals surface area (Å²) in [7, 11) is -3.75. The molecular weight excluding hydrogens is 306 g/mol. The Hall–Kier alpha value is -2.87. The van der Waals surface area contributed by atoms with E-state index in [1.54, 1.807) is 18.2 Å². The second kappa shape index (κ2) is 5.15. The number of H-pyrrole nitrogens is 2. The van der Waals surface area contributed by atoms with Gasteiger partial charge in [-0.2, -0.15) is 0 Å². The van der Waals surface area contributed by atoms with Crippen LogP contribution in [0.5, 0.6) is 0 Å². The largest absolute Gasteiger partial charge is 0.280 e. The molecule has 7 nitrogen and oxygen atoms in total. The molecule has 0 unspecified atom stereocenters. The third-order valence-electron chi connectivity index (χ3n) is 3.10. The summed E-state index contributed by atoms with van der Waals surface area (Å²) in [6.45, 7) is 0. The highest BCUT2D eigenvalue weighted by Gasteiger charge is 2.14. The number of sulfonamides is 1. The smallest absolute Gasteiger partial charge is 0.270 e. The Labute approximate surface area is 124 Å². The van der Waals surface area contributed by atoms with Crippen molar-refractivity contribution in [1.29, 1.82) is 0 Å². The first kappa shape index (κ1) is 14.1. The molecule has 0 aliphatic rings.